The predicted octanol–water partition coefficient (Wildman–Crippen LogP) is 3.34. The second kappa shape index (κ2) is 4.89. The molecule has 90 valence electrons. The number of aryl methyl sites for hydroxylation is 2. The minimum Gasteiger partial charge on any atom is -0.466 e. The summed E-state index contributed by atoms with van der Waals surface area (Å²) in [6.45, 7) is 3.56. The van der Waals surface area contributed by atoms with Gasteiger partial charge in [-0.25, -0.2) is 4.98 Å². The van der Waals surface area contributed by atoms with Crippen LogP contribution in [0.5, 0.6) is 0 Å². The van der Waals surface area contributed by atoms with Crippen LogP contribution in [0.25, 0.3) is 0 Å². The number of carbonyl (C=O) groups excluding carboxylic acids is 1. The SMILES string of the molecule is Cc1cc(C(=O)Nc2nc(CCl)cs2)c(C)o1. The second-order valence-electron chi connectivity index (χ2n) is 3.56. The molecular formula is C11H11ClN2O2S. The van der Waals surface area contributed by atoms with Gasteiger partial charge in [-0.15, -0.1) is 22.9 Å². The highest BCUT2D eigenvalue weighted by molar-refractivity contribution is 7.14. The molecule has 2 heterocycles. The summed E-state index contributed by atoms with van der Waals surface area (Å²) in [5.74, 6) is 1.45. The summed E-state index contributed by atoms with van der Waals surface area (Å²) in [6, 6.07) is 1.71. The van der Waals surface area contributed by atoms with Gasteiger partial charge in [-0.1, -0.05) is 0 Å². The van der Waals surface area contributed by atoms with Gasteiger partial charge in [-0.3, -0.25) is 10.1 Å². The number of aromatic nitrogens is 1. The van der Waals surface area contributed by atoms with E-state index < -0.39 is 0 Å². The minimum absolute atomic E-state index is 0.213. The van der Waals surface area contributed by atoms with Crippen LogP contribution < -0.4 is 5.32 Å². The Labute approximate surface area is 108 Å². The Balaban J connectivity index is 2.14. The number of anilines is 1. The topological polar surface area (TPSA) is 55.1 Å². The molecule has 2 aromatic rings. The molecule has 0 unspecified atom stereocenters. The molecule has 2 aromatic heterocycles. The first-order valence-electron chi connectivity index (χ1n) is 4.99. The molecule has 0 aliphatic heterocycles. The molecule has 0 saturated heterocycles. The van der Waals surface area contributed by atoms with E-state index in [2.05, 4.69) is 10.3 Å². The Kier molecular flexibility index (Phi) is 3.49. The summed E-state index contributed by atoms with van der Waals surface area (Å²) in [4.78, 5) is 16.1. The second-order valence-corrected chi connectivity index (χ2v) is 4.68. The fraction of sp³-hybridized carbons (Fsp3) is 0.273. The number of hydrogen-bond acceptors (Lipinski definition) is 4. The highest BCUT2D eigenvalue weighted by atomic mass is 35.5. The maximum Gasteiger partial charge on any atom is 0.260 e. The number of furan rings is 1. The summed E-state index contributed by atoms with van der Waals surface area (Å²) < 4.78 is 5.30. The molecule has 1 amide bonds. The zero-order chi connectivity index (χ0) is 12.4. The van der Waals surface area contributed by atoms with E-state index in [0.717, 1.165) is 5.69 Å². The maximum absolute atomic E-state index is 11.9. The van der Waals surface area contributed by atoms with E-state index in [1.54, 1.807) is 19.9 Å². The number of carbonyl (C=O) groups is 1. The Hall–Kier alpha value is -1.33. The number of rotatable bonds is 3. The van der Waals surface area contributed by atoms with Crippen LogP contribution in [0.2, 0.25) is 0 Å². The third-order valence-corrected chi connectivity index (χ3v) is 3.28. The van der Waals surface area contributed by atoms with Crippen molar-refractivity contribution in [1.82, 2.24) is 4.98 Å². The number of amides is 1. The molecule has 0 saturated carbocycles. The normalized spacial score (nSPS) is 10.5. The third-order valence-electron chi connectivity index (χ3n) is 2.19. The summed E-state index contributed by atoms with van der Waals surface area (Å²) in [7, 11) is 0. The van der Waals surface area contributed by atoms with Gasteiger partial charge < -0.3 is 4.42 Å². The molecule has 4 nitrogen and oxygen atoms in total. The average molecular weight is 271 g/mol. The molecule has 0 aliphatic rings. The summed E-state index contributed by atoms with van der Waals surface area (Å²) in [5.41, 5.74) is 1.29. The van der Waals surface area contributed by atoms with Crippen LogP contribution in [0.3, 0.4) is 0 Å². The van der Waals surface area contributed by atoms with E-state index in [-0.39, 0.29) is 5.91 Å². The van der Waals surface area contributed by atoms with Crippen molar-refractivity contribution in [2.45, 2.75) is 19.7 Å². The van der Waals surface area contributed by atoms with Crippen LogP contribution in [0.15, 0.2) is 15.9 Å². The summed E-state index contributed by atoms with van der Waals surface area (Å²) in [5, 5.41) is 5.08. The number of nitrogens with zero attached hydrogens (tertiary/aromatic N) is 1. The molecule has 0 radical (unpaired) electrons. The lowest BCUT2D eigenvalue weighted by atomic mass is 10.2. The standard InChI is InChI=1S/C11H11ClN2O2S/c1-6-3-9(7(2)16-6)10(15)14-11-13-8(4-12)5-17-11/h3,5H,4H2,1-2H3,(H,13,14,15). The lowest BCUT2D eigenvalue weighted by Gasteiger charge is -1.98. The van der Waals surface area contributed by atoms with E-state index >= 15 is 0 Å². The van der Waals surface area contributed by atoms with Crippen molar-refractivity contribution in [2.75, 3.05) is 5.32 Å². The van der Waals surface area contributed by atoms with E-state index in [0.29, 0.717) is 28.1 Å². The van der Waals surface area contributed by atoms with E-state index in [1.807, 2.05) is 5.38 Å². The lowest BCUT2D eigenvalue weighted by molar-refractivity contribution is 0.102. The smallest absolute Gasteiger partial charge is 0.260 e. The minimum atomic E-state index is -0.213. The first-order valence-corrected chi connectivity index (χ1v) is 6.40. The Morgan fingerprint density at radius 3 is 2.88 bits per heavy atom. The Morgan fingerprint density at radius 2 is 2.35 bits per heavy atom. The van der Waals surface area contributed by atoms with Crippen molar-refractivity contribution >= 4 is 34.0 Å². The zero-order valence-electron chi connectivity index (χ0n) is 9.41. The van der Waals surface area contributed by atoms with Gasteiger partial charge in [0.2, 0.25) is 0 Å². The average Bonchev–Trinajstić information content (AvgIpc) is 2.85. The van der Waals surface area contributed by atoms with Crippen molar-refractivity contribution in [3.63, 3.8) is 0 Å². The van der Waals surface area contributed by atoms with Gasteiger partial charge in [0.05, 0.1) is 17.1 Å². The van der Waals surface area contributed by atoms with Crippen LogP contribution in [0.1, 0.15) is 27.6 Å². The number of alkyl halides is 1. The third kappa shape index (κ3) is 2.68. The van der Waals surface area contributed by atoms with E-state index in [4.69, 9.17) is 16.0 Å². The van der Waals surface area contributed by atoms with Crippen LogP contribution in [-0.2, 0) is 5.88 Å². The molecule has 0 aromatic carbocycles. The van der Waals surface area contributed by atoms with Gasteiger partial charge in [-0.05, 0) is 19.9 Å². The van der Waals surface area contributed by atoms with Crippen LogP contribution in [0, 0.1) is 13.8 Å². The first-order chi connectivity index (χ1) is 8.10. The molecule has 2 rings (SSSR count). The quantitative estimate of drug-likeness (QED) is 0.870. The molecule has 0 spiro atoms. The molecule has 17 heavy (non-hydrogen) atoms. The molecule has 0 atom stereocenters. The predicted molar refractivity (Wildman–Crippen MR) is 67.8 cm³/mol. The fourth-order valence-electron chi connectivity index (χ4n) is 1.45. The maximum atomic E-state index is 11.9. The van der Waals surface area contributed by atoms with Gasteiger partial charge in [0, 0.05) is 5.38 Å². The van der Waals surface area contributed by atoms with Crippen molar-refractivity contribution in [2.24, 2.45) is 0 Å². The fourth-order valence-corrected chi connectivity index (χ4v) is 2.38. The van der Waals surface area contributed by atoms with Crippen LogP contribution in [0.4, 0.5) is 5.13 Å². The Morgan fingerprint density at radius 1 is 1.59 bits per heavy atom. The molecule has 0 fully saturated rings. The molecule has 6 heteroatoms. The van der Waals surface area contributed by atoms with Crippen LogP contribution in [-0.4, -0.2) is 10.9 Å². The van der Waals surface area contributed by atoms with Gasteiger partial charge in [0.15, 0.2) is 5.13 Å². The number of thiazole rings is 1. The number of hydrogen-bond donors (Lipinski definition) is 1. The molecule has 0 aliphatic carbocycles. The van der Waals surface area contributed by atoms with E-state index in [1.165, 1.54) is 11.3 Å². The zero-order valence-corrected chi connectivity index (χ0v) is 11.0. The number of halogens is 1. The highest BCUT2D eigenvalue weighted by Gasteiger charge is 2.14. The molecular weight excluding hydrogens is 260 g/mol. The van der Waals surface area contributed by atoms with Crippen molar-refractivity contribution in [3.05, 3.63) is 34.2 Å². The van der Waals surface area contributed by atoms with Crippen LogP contribution >= 0.6 is 22.9 Å². The van der Waals surface area contributed by atoms with Gasteiger partial charge in [-0.2, -0.15) is 0 Å². The van der Waals surface area contributed by atoms with Gasteiger partial charge >= 0.3 is 0 Å². The highest BCUT2D eigenvalue weighted by Crippen LogP contribution is 2.19. The largest absolute Gasteiger partial charge is 0.466 e. The van der Waals surface area contributed by atoms with Crippen molar-refractivity contribution in [3.8, 4) is 0 Å². The monoisotopic (exact) mass is 270 g/mol. The summed E-state index contributed by atoms with van der Waals surface area (Å²) in [6.07, 6.45) is 0. The van der Waals surface area contributed by atoms with E-state index in [9.17, 15) is 4.79 Å². The van der Waals surface area contributed by atoms with Crippen molar-refractivity contribution in [1.29, 1.82) is 0 Å². The van der Waals surface area contributed by atoms with Gasteiger partial charge in [0.1, 0.15) is 11.5 Å². The lowest BCUT2D eigenvalue weighted by Crippen LogP contribution is -2.11. The molecule has 1 N–H and O–H groups in total. The summed E-state index contributed by atoms with van der Waals surface area (Å²) >= 11 is 6.99. The van der Waals surface area contributed by atoms with Crippen molar-refractivity contribution < 1.29 is 9.21 Å². The Bertz CT molecular complexity index is 547. The first kappa shape index (κ1) is 12.1. The number of nitrogens with one attached hydrogen (secondary N) is 1. The molecule has 0 bridgehead atoms. The van der Waals surface area contributed by atoms with Gasteiger partial charge in [0.25, 0.3) is 5.91 Å².